The molecule has 2 aromatic carbocycles. The van der Waals surface area contributed by atoms with Crippen molar-refractivity contribution in [3.05, 3.63) is 93.4 Å². The monoisotopic (exact) mass is 567 g/mol. The molecule has 1 aromatic heterocycles. The molecule has 39 heavy (non-hydrogen) atoms. The molecule has 202 valence electrons. The van der Waals surface area contributed by atoms with Crippen molar-refractivity contribution in [2.75, 3.05) is 18.5 Å². The lowest BCUT2D eigenvalue weighted by molar-refractivity contribution is -0.128. The summed E-state index contributed by atoms with van der Waals surface area (Å²) in [4.78, 5) is 48.3. The predicted octanol–water partition coefficient (Wildman–Crippen LogP) is 3.59. The van der Waals surface area contributed by atoms with Gasteiger partial charge in [0, 0.05) is 28.5 Å². The van der Waals surface area contributed by atoms with Crippen LogP contribution in [0.4, 0.5) is 0 Å². The van der Waals surface area contributed by atoms with Crippen molar-refractivity contribution in [1.29, 1.82) is 0 Å². The third-order valence-electron chi connectivity index (χ3n) is 8.29. The zero-order chi connectivity index (χ0) is 26.9. The second kappa shape index (κ2) is 8.97. The largest absolute Gasteiger partial charge is 0.472 e. The van der Waals surface area contributed by atoms with Gasteiger partial charge in [-0.1, -0.05) is 42.5 Å². The van der Waals surface area contributed by atoms with Crippen molar-refractivity contribution in [3.8, 4) is 5.75 Å². The van der Waals surface area contributed by atoms with Gasteiger partial charge in [-0.3, -0.25) is 19.3 Å². The summed E-state index contributed by atoms with van der Waals surface area (Å²) in [6.07, 6.45) is 4.35. The molecule has 2 aliphatic heterocycles. The Labute approximate surface area is 228 Å². The van der Waals surface area contributed by atoms with Crippen molar-refractivity contribution in [2.24, 2.45) is 5.92 Å². The number of nitrogens with zero attached hydrogens (tertiary/aromatic N) is 3. The molecule has 3 fully saturated rings. The molecule has 12 heteroatoms. The van der Waals surface area contributed by atoms with Crippen molar-refractivity contribution in [2.45, 2.75) is 41.5 Å². The van der Waals surface area contributed by atoms with E-state index in [0.717, 1.165) is 41.0 Å². The number of rotatable bonds is 6. The molecule has 1 amide bonds. The van der Waals surface area contributed by atoms with Crippen LogP contribution in [0.1, 0.15) is 52.5 Å². The highest BCUT2D eigenvalue weighted by atomic mass is 32.2. The molecule has 2 bridgehead atoms. The van der Waals surface area contributed by atoms with Crippen LogP contribution >= 0.6 is 19.6 Å². The fourth-order valence-electron chi connectivity index (χ4n) is 6.37. The smallest absolute Gasteiger partial charge is 0.460 e. The number of amides is 1. The summed E-state index contributed by atoms with van der Waals surface area (Å²) in [5, 5.41) is 2.09. The zero-order valence-corrected chi connectivity index (χ0v) is 22.5. The van der Waals surface area contributed by atoms with Gasteiger partial charge in [0.05, 0.1) is 6.04 Å². The normalized spacial score (nSPS) is 25.0. The maximum atomic E-state index is 14.1. The third-order valence-corrected chi connectivity index (χ3v) is 9.87. The molecule has 10 nitrogen and oxygen atoms in total. The summed E-state index contributed by atoms with van der Waals surface area (Å²) in [5.74, 6) is 0.797. The van der Waals surface area contributed by atoms with E-state index in [0.29, 0.717) is 12.6 Å². The van der Waals surface area contributed by atoms with E-state index in [2.05, 4.69) is 33.8 Å². The molecule has 3 aliphatic carbocycles. The fourth-order valence-corrected chi connectivity index (χ4v) is 7.65. The van der Waals surface area contributed by atoms with E-state index in [-0.39, 0.29) is 28.9 Å². The first-order chi connectivity index (χ1) is 18.7. The Morgan fingerprint density at radius 1 is 1.00 bits per heavy atom. The molecular formula is C27H26N3O7PS. The maximum absolute atomic E-state index is 14.1. The Balaban J connectivity index is 1.41. The number of ether oxygens (including phenoxy) is 1. The van der Waals surface area contributed by atoms with Gasteiger partial charge in [0.25, 0.3) is 5.91 Å². The molecule has 3 heterocycles. The number of thioether (sulfide) groups is 1. The van der Waals surface area contributed by atoms with Crippen LogP contribution in [-0.4, -0.2) is 44.3 Å². The van der Waals surface area contributed by atoms with Crippen molar-refractivity contribution < 1.29 is 28.4 Å². The molecule has 0 unspecified atom stereocenters. The molecule has 1 atom stereocenters. The lowest BCUT2D eigenvalue weighted by Crippen LogP contribution is -2.73. The Morgan fingerprint density at radius 3 is 2.44 bits per heavy atom. The van der Waals surface area contributed by atoms with E-state index in [4.69, 9.17) is 14.5 Å². The first-order valence-corrected chi connectivity index (χ1v) is 15.2. The average Bonchev–Trinajstić information content (AvgIpc) is 3.01. The van der Waals surface area contributed by atoms with Crippen LogP contribution in [0.25, 0.3) is 0 Å². The molecule has 5 aliphatic rings. The number of aromatic nitrogens is 1. The second-order valence-corrected chi connectivity index (χ2v) is 12.8. The predicted molar refractivity (Wildman–Crippen MR) is 143 cm³/mol. The molecule has 3 aromatic rings. The molecule has 8 rings (SSSR count). The van der Waals surface area contributed by atoms with Crippen LogP contribution in [0.3, 0.4) is 0 Å². The summed E-state index contributed by atoms with van der Waals surface area (Å²) in [6, 6.07) is 17.5. The van der Waals surface area contributed by atoms with E-state index in [1.165, 1.54) is 11.6 Å². The summed E-state index contributed by atoms with van der Waals surface area (Å²) >= 11 is 1.77. The lowest BCUT2D eigenvalue weighted by Gasteiger charge is -2.67. The van der Waals surface area contributed by atoms with E-state index >= 15 is 0 Å². The number of hydrogen-bond acceptors (Lipinski definition) is 7. The van der Waals surface area contributed by atoms with E-state index in [1.54, 1.807) is 22.6 Å². The number of pyridine rings is 1. The average molecular weight is 568 g/mol. The van der Waals surface area contributed by atoms with Gasteiger partial charge in [0.1, 0.15) is 6.67 Å². The Morgan fingerprint density at radius 2 is 1.72 bits per heavy atom. The molecule has 0 saturated heterocycles. The summed E-state index contributed by atoms with van der Waals surface area (Å²) in [5.41, 5.74) is 2.59. The van der Waals surface area contributed by atoms with Gasteiger partial charge in [-0.15, -0.1) is 11.8 Å². The van der Waals surface area contributed by atoms with Crippen LogP contribution in [-0.2, 0) is 14.8 Å². The fraction of sp³-hybridized carbons (Fsp3) is 0.333. The molecule has 0 radical (unpaired) electrons. The molecule has 2 N–H and O–H groups in total. The summed E-state index contributed by atoms with van der Waals surface area (Å²) < 4.78 is 22.9. The van der Waals surface area contributed by atoms with Gasteiger partial charge in [0.15, 0.2) is 5.69 Å². The highest BCUT2D eigenvalue weighted by molar-refractivity contribution is 7.98. The first kappa shape index (κ1) is 24.9. The highest BCUT2D eigenvalue weighted by Gasteiger charge is 2.63. The summed E-state index contributed by atoms with van der Waals surface area (Å²) in [7, 11) is -4.84. The number of carbonyl (C=O) groups excluding carboxylic acids is 1. The minimum absolute atomic E-state index is 0.0275. The second-order valence-electron chi connectivity index (χ2n) is 10.5. The van der Waals surface area contributed by atoms with Gasteiger partial charge in [-0.05, 0) is 47.9 Å². The number of phosphoric acid groups is 1. The molecular weight excluding hydrogens is 541 g/mol. The van der Waals surface area contributed by atoms with E-state index in [9.17, 15) is 14.2 Å². The lowest BCUT2D eigenvalue weighted by atomic mass is 9.49. The molecule has 0 spiro atoms. The number of phosphoric ester groups is 1. The Kier molecular flexibility index (Phi) is 5.73. The Bertz CT molecular complexity index is 1540. The number of fused-ring (bicyclic) bond motifs is 3. The van der Waals surface area contributed by atoms with Gasteiger partial charge < -0.3 is 19.4 Å². The number of hydrogen-bond donors (Lipinski definition) is 2. The van der Waals surface area contributed by atoms with Gasteiger partial charge in [-0.25, -0.2) is 9.09 Å². The van der Waals surface area contributed by atoms with Crippen LogP contribution in [0.2, 0.25) is 0 Å². The van der Waals surface area contributed by atoms with Gasteiger partial charge >= 0.3 is 7.82 Å². The van der Waals surface area contributed by atoms with Crippen molar-refractivity contribution in [1.82, 2.24) is 9.58 Å². The number of carbonyl (C=O) groups is 1. The maximum Gasteiger partial charge on any atom is 0.472 e. The van der Waals surface area contributed by atoms with E-state index in [1.807, 2.05) is 29.2 Å². The van der Waals surface area contributed by atoms with Crippen LogP contribution < -0.4 is 15.2 Å². The Hall–Kier alpha value is -3.08. The van der Waals surface area contributed by atoms with Gasteiger partial charge in [0.2, 0.25) is 18.0 Å². The van der Waals surface area contributed by atoms with Crippen LogP contribution in [0.5, 0.6) is 5.75 Å². The quantitative estimate of drug-likeness (QED) is 0.340. The van der Waals surface area contributed by atoms with E-state index < -0.39 is 20.0 Å². The molecule has 3 saturated carbocycles. The minimum Gasteiger partial charge on any atom is -0.460 e. The SMILES string of the molecule is O=C1c2c(OCOP(=O)(O)O)c(=O)ccn2N([C@H]2c3ccccc3CSc3ccccc32)CN1C12CC(C1)C2. The zero-order valence-electron chi connectivity index (χ0n) is 20.8. The minimum atomic E-state index is -4.84. The number of benzene rings is 2. The summed E-state index contributed by atoms with van der Waals surface area (Å²) in [6.45, 7) is -0.555. The van der Waals surface area contributed by atoms with Crippen molar-refractivity contribution >= 4 is 25.5 Å². The third kappa shape index (κ3) is 4.03. The van der Waals surface area contributed by atoms with Crippen LogP contribution in [0, 0.1) is 5.92 Å². The standard InChI is InChI=1S/C27H26N3O7PS/c31-21-9-10-29-24(25(21)36-16-37-38(33,34)35)26(32)28(27-11-17(12-27)13-27)15-30(29)23-19-6-2-1-5-18(19)14-39-22-8-4-3-7-20(22)23/h1-10,17,23H,11-16H2,(H2,33,34,35)/t17?,23-,27?/m0/s1. The highest BCUT2D eigenvalue weighted by Crippen LogP contribution is 2.61. The van der Waals surface area contributed by atoms with Crippen molar-refractivity contribution in [3.63, 3.8) is 0 Å². The van der Waals surface area contributed by atoms with Crippen LogP contribution in [0.15, 0.2) is 70.5 Å². The first-order valence-electron chi connectivity index (χ1n) is 12.7. The topological polar surface area (TPSA) is 122 Å². The van der Waals surface area contributed by atoms with Gasteiger partial charge in [-0.2, -0.15) is 0 Å².